The van der Waals surface area contributed by atoms with Crippen molar-refractivity contribution in [3.8, 4) is 0 Å². The summed E-state index contributed by atoms with van der Waals surface area (Å²) in [6.07, 6.45) is 6.72. The lowest BCUT2D eigenvalue weighted by atomic mass is 9.84. The number of carbonyl (C=O) groups excluding carboxylic acids is 4. The van der Waals surface area contributed by atoms with E-state index in [4.69, 9.17) is 4.74 Å². The highest BCUT2D eigenvalue weighted by Gasteiger charge is 2.38. The highest BCUT2D eigenvalue weighted by molar-refractivity contribution is 5.90. The van der Waals surface area contributed by atoms with Crippen LogP contribution in [0.5, 0.6) is 0 Å². The fraction of sp³-hybridized carbons (Fsp3) is 0.655. The third kappa shape index (κ3) is 8.68. The number of amides is 3. The number of anilines is 1. The topological polar surface area (TPSA) is 128 Å². The Kier molecular flexibility index (Phi) is 10.7. The third-order valence-electron chi connectivity index (χ3n) is 7.88. The van der Waals surface area contributed by atoms with Crippen molar-refractivity contribution in [3.05, 3.63) is 29.8 Å². The lowest BCUT2D eigenvalue weighted by Crippen LogP contribution is -2.58. The van der Waals surface area contributed by atoms with E-state index in [1.165, 1.54) is 7.11 Å². The SMILES string of the molecule is COC(=O)c1ccc(NC2CCN(C(=O)[C@@H](NC(=O)[C@H](CC3CCCC3)CN(O)C=O)C(C)(C)C)CC2)cc1. The molecule has 216 valence electrons. The molecular weight excluding hydrogens is 500 g/mol. The van der Waals surface area contributed by atoms with Gasteiger partial charge in [0, 0.05) is 24.8 Å². The average molecular weight is 545 g/mol. The van der Waals surface area contributed by atoms with Gasteiger partial charge < -0.3 is 20.3 Å². The van der Waals surface area contributed by atoms with Crippen LogP contribution in [-0.2, 0) is 19.1 Å². The Morgan fingerprint density at radius 2 is 1.72 bits per heavy atom. The predicted molar refractivity (Wildman–Crippen MR) is 147 cm³/mol. The first-order valence-electron chi connectivity index (χ1n) is 14.0. The van der Waals surface area contributed by atoms with Crippen molar-refractivity contribution in [1.29, 1.82) is 0 Å². The van der Waals surface area contributed by atoms with Crippen molar-refractivity contribution in [2.24, 2.45) is 17.3 Å². The van der Waals surface area contributed by atoms with E-state index in [0.29, 0.717) is 42.5 Å². The fourth-order valence-corrected chi connectivity index (χ4v) is 5.57. The summed E-state index contributed by atoms with van der Waals surface area (Å²) in [6, 6.07) is 6.57. The first kappa shape index (κ1) is 30.4. The first-order valence-corrected chi connectivity index (χ1v) is 14.0. The minimum absolute atomic E-state index is 0.0887. The molecule has 1 aromatic carbocycles. The molecule has 10 nitrogen and oxygen atoms in total. The molecule has 3 N–H and O–H groups in total. The number of esters is 1. The van der Waals surface area contributed by atoms with Crippen LogP contribution in [0.4, 0.5) is 5.69 Å². The molecule has 0 aromatic heterocycles. The van der Waals surface area contributed by atoms with Gasteiger partial charge in [0.15, 0.2) is 0 Å². The van der Waals surface area contributed by atoms with Crippen LogP contribution in [0.25, 0.3) is 0 Å². The summed E-state index contributed by atoms with van der Waals surface area (Å²) in [5, 5.41) is 16.8. The van der Waals surface area contributed by atoms with Crippen molar-refractivity contribution >= 4 is 29.9 Å². The molecule has 1 aromatic rings. The van der Waals surface area contributed by atoms with Crippen molar-refractivity contribution in [3.63, 3.8) is 0 Å². The summed E-state index contributed by atoms with van der Waals surface area (Å²) in [6.45, 7) is 6.81. The molecule has 1 aliphatic heterocycles. The van der Waals surface area contributed by atoms with Gasteiger partial charge in [-0.1, -0.05) is 46.5 Å². The summed E-state index contributed by atoms with van der Waals surface area (Å²) in [4.78, 5) is 51.6. The highest BCUT2D eigenvalue weighted by Crippen LogP contribution is 2.31. The molecule has 2 aliphatic rings. The first-order chi connectivity index (χ1) is 18.5. The molecule has 3 rings (SSSR count). The predicted octanol–water partition coefficient (Wildman–Crippen LogP) is 3.45. The van der Waals surface area contributed by atoms with E-state index in [2.05, 4.69) is 10.6 Å². The van der Waals surface area contributed by atoms with E-state index in [1.807, 2.05) is 37.8 Å². The number of hydroxylamine groups is 2. The van der Waals surface area contributed by atoms with Crippen LogP contribution in [0.2, 0.25) is 0 Å². The fourth-order valence-electron chi connectivity index (χ4n) is 5.57. The van der Waals surface area contributed by atoms with Crippen LogP contribution in [0.15, 0.2) is 24.3 Å². The van der Waals surface area contributed by atoms with Gasteiger partial charge in [0.1, 0.15) is 6.04 Å². The molecule has 0 unspecified atom stereocenters. The van der Waals surface area contributed by atoms with Crippen LogP contribution in [0, 0.1) is 17.3 Å². The Labute approximate surface area is 231 Å². The monoisotopic (exact) mass is 544 g/mol. The quantitative estimate of drug-likeness (QED) is 0.168. The number of rotatable bonds is 11. The summed E-state index contributed by atoms with van der Waals surface area (Å²) < 4.78 is 4.74. The normalized spacial score (nSPS) is 18.2. The molecule has 3 amide bonds. The number of methoxy groups -OCH3 is 1. The van der Waals surface area contributed by atoms with Gasteiger partial charge in [-0.25, -0.2) is 9.86 Å². The zero-order valence-corrected chi connectivity index (χ0v) is 23.7. The van der Waals surface area contributed by atoms with Gasteiger partial charge in [0.2, 0.25) is 18.2 Å². The number of ether oxygens (including phenoxy) is 1. The molecule has 0 radical (unpaired) electrons. The van der Waals surface area contributed by atoms with E-state index in [9.17, 15) is 24.4 Å². The van der Waals surface area contributed by atoms with Crippen LogP contribution >= 0.6 is 0 Å². The largest absolute Gasteiger partial charge is 0.465 e. The maximum absolute atomic E-state index is 13.7. The highest BCUT2D eigenvalue weighted by atomic mass is 16.5. The standard InChI is InChI=1S/C29H44N4O6/c1-29(2,3)25(31-26(35)22(18-33(38)19-34)17-20-7-5-6-8-20)27(36)32-15-13-24(14-16-32)30-23-11-9-21(10-12-23)28(37)39-4/h9-12,19-20,22,24-25,30,38H,5-8,13-18H2,1-4H3,(H,31,35)/t22-,25-/m1/s1. The van der Waals surface area contributed by atoms with Crippen LogP contribution in [0.3, 0.4) is 0 Å². The molecular formula is C29H44N4O6. The number of nitrogens with one attached hydrogen (secondary N) is 2. The average Bonchev–Trinajstić information content (AvgIpc) is 3.43. The van der Waals surface area contributed by atoms with Gasteiger partial charge in [0.25, 0.3) is 0 Å². The maximum Gasteiger partial charge on any atom is 0.337 e. The van der Waals surface area contributed by atoms with Crippen LogP contribution < -0.4 is 10.6 Å². The second kappa shape index (κ2) is 13.8. The van der Waals surface area contributed by atoms with E-state index in [0.717, 1.165) is 44.2 Å². The molecule has 1 heterocycles. The Balaban J connectivity index is 1.60. The third-order valence-corrected chi connectivity index (χ3v) is 7.88. The Bertz CT molecular complexity index is 978. The number of benzene rings is 1. The van der Waals surface area contributed by atoms with Gasteiger partial charge in [-0.2, -0.15) is 0 Å². The van der Waals surface area contributed by atoms with Crippen molar-refractivity contribution < 1.29 is 29.1 Å². The summed E-state index contributed by atoms with van der Waals surface area (Å²) >= 11 is 0. The zero-order chi connectivity index (χ0) is 28.6. The zero-order valence-electron chi connectivity index (χ0n) is 23.7. The van der Waals surface area contributed by atoms with Gasteiger partial charge >= 0.3 is 5.97 Å². The molecule has 2 atom stereocenters. The molecule has 1 saturated heterocycles. The number of hydrogen-bond donors (Lipinski definition) is 3. The number of hydrogen-bond acceptors (Lipinski definition) is 7. The summed E-state index contributed by atoms with van der Waals surface area (Å²) in [5.41, 5.74) is 0.862. The molecule has 39 heavy (non-hydrogen) atoms. The Hall–Kier alpha value is -3.14. The molecule has 0 bridgehead atoms. The van der Waals surface area contributed by atoms with Gasteiger partial charge in [-0.05, 0) is 54.9 Å². The van der Waals surface area contributed by atoms with E-state index >= 15 is 0 Å². The number of carbonyl (C=O) groups is 4. The summed E-state index contributed by atoms with van der Waals surface area (Å²) in [7, 11) is 1.35. The van der Waals surface area contributed by atoms with Crippen molar-refractivity contribution in [2.45, 2.75) is 77.8 Å². The number of piperidine rings is 1. The molecule has 0 spiro atoms. The van der Waals surface area contributed by atoms with Gasteiger partial charge in [-0.3, -0.25) is 19.6 Å². The van der Waals surface area contributed by atoms with E-state index in [-0.39, 0.29) is 30.4 Å². The van der Waals surface area contributed by atoms with Gasteiger partial charge in [-0.15, -0.1) is 0 Å². The number of nitrogens with zero attached hydrogens (tertiary/aromatic N) is 2. The lowest BCUT2D eigenvalue weighted by Gasteiger charge is -2.39. The molecule has 2 fully saturated rings. The summed E-state index contributed by atoms with van der Waals surface area (Å²) in [5.74, 6) is -0.999. The number of likely N-dealkylation sites (tertiary alicyclic amines) is 1. The smallest absolute Gasteiger partial charge is 0.337 e. The Morgan fingerprint density at radius 1 is 1.10 bits per heavy atom. The van der Waals surface area contributed by atoms with E-state index < -0.39 is 17.4 Å². The van der Waals surface area contributed by atoms with Crippen LogP contribution in [0.1, 0.15) is 76.1 Å². The molecule has 1 saturated carbocycles. The second-order valence-corrected chi connectivity index (χ2v) is 11.9. The molecule has 10 heteroatoms. The maximum atomic E-state index is 13.7. The second-order valence-electron chi connectivity index (χ2n) is 11.9. The van der Waals surface area contributed by atoms with Gasteiger partial charge in [0.05, 0.1) is 25.1 Å². The van der Waals surface area contributed by atoms with Crippen molar-refractivity contribution in [2.75, 3.05) is 32.1 Å². The molecule has 1 aliphatic carbocycles. The van der Waals surface area contributed by atoms with E-state index in [1.54, 1.807) is 12.1 Å². The van der Waals surface area contributed by atoms with Crippen LogP contribution in [-0.4, -0.2) is 78.2 Å². The van der Waals surface area contributed by atoms with Crippen molar-refractivity contribution in [1.82, 2.24) is 15.3 Å². The minimum Gasteiger partial charge on any atom is -0.465 e. The lowest BCUT2D eigenvalue weighted by molar-refractivity contribution is -0.156. The minimum atomic E-state index is -0.727. The Morgan fingerprint density at radius 3 is 2.26 bits per heavy atom.